The molecule has 220 valence electrons. The third kappa shape index (κ3) is 3.17. The Morgan fingerprint density at radius 2 is 1.20 bits per heavy atom. The molecule has 6 nitrogen and oxygen atoms in total. The normalized spacial score (nSPS) is 22.3. The number of nitrogens with zero attached hydrogens (tertiary/aromatic N) is 2. The Bertz CT molecular complexity index is 2190. The molecule has 9 rings (SSSR count). The molecule has 0 bridgehead atoms. The molecule has 1 saturated carbocycles. The molecule has 0 amide bonds. The van der Waals surface area contributed by atoms with Crippen LogP contribution in [-0.2, 0) is 12.8 Å². The minimum Gasteiger partial charge on any atom is -0.851 e. The van der Waals surface area contributed by atoms with Gasteiger partial charge in [0, 0.05) is 70.9 Å². The lowest BCUT2D eigenvalue weighted by atomic mass is 9.60. The molecule has 6 aromatic rings. The van der Waals surface area contributed by atoms with Crippen molar-refractivity contribution < 1.29 is 10.2 Å². The smallest absolute Gasteiger partial charge is 0.0532 e. The molecule has 2 unspecified atom stereocenters. The van der Waals surface area contributed by atoms with E-state index in [-0.39, 0.29) is 0 Å². The summed E-state index contributed by atoms with van der Waals surface area (Å²) in [5.74, 6) is -1.45. The summed E-state index contributed by atoms with van der Waals surface area (Å²) in [6, 6.07) is 24.5. The van der Waals surface area contributed by atoms with Gasteiger partial charge < -0.3 is 31.5 Å². The molecule has 3 aliphatic rings. The van der Waals surface area contributed by atoms with Gasteiger partial charge in [-0.1, -0.05) is 60.7 Å². The Kier molecular flexibility index (Phi) is 5.31. The van der Waals surface area contributed by atoms with Gasteiger partial charge in [-0.25, -0.2) is 0 Å². The van der Waals surface area contributed by atoms with Gasteiger partial charge in [-0.05, 0) is 69.8 Å². The average Bonchev–Trinajstić information content (AvgIpc) is 3.03. The van der Waals surface area contributed by atoms with Crippen LogP contribution in [0.1, 0.15) is 34.1 Å². The standard InChI is InChI=1S/C38H34N4O2/c1-41(2)35-22-9-4-3-8-21(22)30(29-24(35)11-6-12-25(29)39)33-37(43)34(38(33)44)31-23-10-5-7-19-15-17-42-18-16-20-13-14-26(40)32(31)28(20)36(42)27(19)23/h3-14,33-34,37-38H,15-18,39-40H2,1-2H3/q-2. The van der Waals surface area contributed by atoms with Gasteiger partial charge in [0.25, 0.3) is 0 Å². The monoisotopic (exact) mass is 578 g/mol. The highest BCUT2D eigenvalue weighted by atomic mass is 16.3. The van der Waals surface area contributed by atoms with Gasteiger partial charge in [0.05, 0.1) is 11.4 Å². The number of fused-ring (bicyclic) bond motifs is 2. The summed E-state index contributed by atoms with van der Waals surface area (Å²) < 4.78 is 0. The number of rotatable bonds is 3. The van der Waals surface area contributed by atoms with Crippen LogP contribution in [0.25, 0.3) is 43.1 Å². The van der Waals surface area contributed by atoms with Gasteiger partial charge in [0.15, 0.2) is 0 Å². The summed E-state index contributed by atoms with van der Waals surface area (Å²) in [5, 5.41) is 37.6. The van der Waals surface area contributed by atoms with Crippen LogP contribution < -0.4 is 31.5 Å². The van der Waals surface area contributed by atoms with E-state index in [4.69, 9.17) is 11.5 Å². The number of benzene rings is 6. The van der Waals surface area contributed by atoms with Gasteiger partial charge in [-0.2, -0.15) is 0 Å². The molecule has 4 N–H and O–H groups in total. The fourth-order valence-electron chi connectivity index (χ4n) is 8.94. The summed E-state index contributed by atoms with van der Waals surface area (Å²) in [4.78, 5) is 4.57. The number of hydrogen-bond donors (Lipinski definition) is 2. The van der Waals surface area contributed by atoms with E-state index < -0.39 is 24.0 Å². The largest absolute Gasteiger partial charge is 0.851 e. The van der Waals surface area contributed by atoms with Crippen LogP contribution in [0.5, 0.6) is 0 Å². The third-order valence-electron chi connectivity index (χ3n) is 10.7. The van der Waals surface area contributed by atoms with Crippen LogP contribution in [-0.4, -0.2) is 39.4 Å². The quantitative estimate of drug-likeness (QED) is 0.231. The van der Waals surface area contributed by atoms with E-state index in [1.165, 1.54) is 22.2 Å². The van der Waals surface area contributed by atoms with Crippen molar-refractivity contribution in [2.45, 2.75) is 36.9 Å². The van der Waals surface area contributed by atoms with Crippen molar-refractivity contribution in [1.29, 1.82) is 0 Å². The van der Waals surface area contributed by atoms with Crippen LogP contribution in [0.2, 0.25) is 0 Å². The molecular formula is C38H34N4O2-2. The summed E-state index contributed by atoms with van der Waals surface area (Å²) in [6.07, 6.45) is -0.391. The minimum absolute atomic E-state index is 0.595. The van der Waals surface area contributed by atoms with Crippen LogP contribution in [0.3, 0.4) is 0 Å². The highest BCUT2D eigenvalue weighted by Crippen LogP contribution is 2.57. The molecule has 44 heavy (non-hydrogen) atoms. The maximum Gasteiger partial charge on any atom is 0.0532 e. The van der Waals surface area contributed by atoms with Gasteiger partial charge in [-0.15, -0.1) is 12.2 Å². The predicted molar refractivity (Wildman–Crippen MR) is 179 cm³/mol. The Hall–Kier alpha value is -4.52. The van der Waals surface area contributed by atoms with Gasteiger partial charge in [0.2, 0.25) is 0 Å². The van der Waals surface area contributed by atoms with Crippen molar-refractivity contribution >= 4 is 65.8 Å². The van der Waals surface area contributed by atoms with Crippen LogP contribution in [0.4, 0.5) is 22.7 Å². The zero-order valence-electron chi connectivity index (χ0n) is 24.9. The SMILES string of the molecule is CN(C)c1c2ccccc2c(C2C([O-])C(c3c4cccc5c4c4c6c(ccc(N)c36)CCN4CC5)C2[O-])c2c(N)cccc12. The molecule has 0 spiro atoms. The molecule has 1 fully saturated rings. The molecule has 2 atom stereocenters. The zero-order chi connectivity index (χ0) is 30.0. The summed E-state index contributed by atoms with van der Waals surface area (Å²) >= 11 is 0. The van der Waals surface area contributed by atoms with Gasteiger partial charge >= 0.3 is 0 Å². The highest BCUT2D eigenvalue weighted by Gasteiger charge is 2.43. The predicted octanol–water partition coefficient (Wildman–Crippen LogP) is 4.79. The highest BCUT2D eigenvalue weighted by molar-refractivity contribution is 6.21. The Morgan fingerprint density at radius 3 is 1.93 bits per heavy atom. The van der Waals surface area contributed by atoms with Crippen LogP contribution in [0.15, 0.2) is 72.8 Å². The minimum atomic E-state index is -1.14. The number of hydrogen-bond acceptors (Lipinski definition) is 6. The first-order valence-corrected chi connectivity index (χ1v) is 15.6. The van der Waals surface area contributed by atoms with E-state index in [0.29, 0.717) is 11.4 Å². The average molecular weight is 579 g/mol. The van der Waals surface area contributed by atoms with Crippen LogP contribution in [0, 0.1) is 0 Å². The second kappa shape index (κ2) is 9.00. The Balaban J connectivity index is 1.32. The van der Waals surface area contributed by atoms with E-state index in [9.17, 15) is 10.2 Å². The fraction of sp³-hybridized carbons (Fsp3) is 0.263. The van der Waals surface area contributed by atoms with Gasteiger partial charge in [0.1, 0.15) is 0 Å². The molecule has 0 saturated heterocycles. The summed E-state index contributed by atoms with van der Waals surface area (Å²) in [6.45, 7) is 1.94. The summed E-state index contributed by atoms with van der Waals surface area (Å²) in [5.41, 5.74) is 21.2. The zero-order valence-corrected chi connectivity index (χ0v) is 24.9. The van der Waals surface area contributed by atoms with E-state index >= 15 is 0 Å². The van der Waals surface area contributed by atoms with Crippen molar-refractivity contribution in [3.63, 3.8) is 0 Å². The number of nitrogens with two attached hydrogens (primary N) is 2. The first-order valence-electron chi connectivity index (χ1n) is 15.6. The molecule has 6 aromatic carbocycles. The Labute approximate surface area is 256 Å². The van der Waals surface area contributed by atoms with Crippen molar-refractivity contribution in [3.8, 4) is 0 Å². The number of nitrogen functional groups attached to an aromatic ring is 2. The lowest BCUT2D eigenvalue weighted by Crippen LogP contribution is -2.63. The van der Waals surface area contributed by atoms with Crippen molar-refractivity contribution in [2.24, 2.45) is 0 Å². The van der Waals surface area contributed by atoms with Gasteiger partial charge in [-0.3, -0.25) is 0 Å². The first-order chi connectivity index (χ1) is 21.4. The molecule has 0 aromatic heterocycles. The molecule has 6 heteroatoms. The molecular weight excluding hydrogens is 544 g/mol. The van der Waals surface area contributed by atoms with E-state index in [2.05, 4.69) is 46.2 Å². The van der Waals surface area contributed by atoms with Crippen molar-refractivity contribution in [1.82, 2.24) is 0 Å². The molecule has 0 radical (unpaired) electrons. The third-order valence-corrected chi connectivity index (χ3v) is 10.7. The lowest BCUT2D eigenvalue weighted by Gasteiger charge is -2.62. The van der Waals surface area contributed by atoms with Crippen molar-refractivity contribution in [3.05, 3.63) is 95.1 Å². The van der Waals surface area contributed by atoms with E-state index in [1.54, 1.807) is 0 Å². The topological polar surface area (TPSA) is 105 Å². The molecule has 2 heterocycles. The summed E-state index contributed by atoms with van der Waals surface area (Å²) in [7, 11) is 4.04. The van der Waals surface area contributed by atoms with E-state index in [0.717, 1.165) is 80.4 Å². The van der Waals surface area contributed by atoms with Crippen LogP contribution >= 0.6 is 0 Å². The first kappa shape index (κ1) is 25.9. The lowest BCUT2D eigenvalue weighted by molar-refractivity contribution is -0.535. The molecule has 1 aliphatic carbocycles. The maximum atomic E-state index is 14.8. The number of anilines is 4. The maximum absolute atomic E-state index is 14.8. The van der Waals surface area contributed by atoms with E-state index in [1.807, 2.05) is 50.5 Å². The fourth-order valence-corrected chi connectivity index (χ4v) is 8.94. The second-order valence-corrected chi connectivity index (χ2v) is 13.1. The second-order valence-electron chi connectivity index (χ2n) is 13.1. The molecule has 2 aliphatic heterocycles. The van der Waals surface area contributed by atoms with Crippen molar-refractivity contribution in [2.75, 3.05) is 48.5 Å². The Morgan fingerprint density at radius 1 is 0.614 bits per heavy atom.